The van der Waals surface area contributed by atoms with Crippen molar-refractivity contribution in [2.45, 2.75) is 97.7 Å². The fourth-order valence-electron chi connectivity index (χ4n) is 4.76. The number of nitrogens with one attached hydrogen (secondary N) is 6. The number of anilines is 3. The van der Waals surface area contributed by atoms with Gasteiger partial charge in [-0.15, -0.1) is 0 Å². The minimum Gasteiger partial charge on any atom is -0.481 e. The Morgan fingerprint density at radius 2 is 1.04 bits per heavy atom. The topological polar surface area (TPSA) is 258 Å². The van der Waals surface area contributed by atoms with E-state index in [4.69, 9.17) is 14.6 Å². The predicted octanol–water partition coefficient (Wildman–Crippen LogP) is 1.44. The van der Waals surface area contributed by atoms with Crippen LogP contribution in [0.5, 0.6) is 0 Å². The maximum Gasteiger partial charge on any atom is 0.407 e. The van der Waals surface area contributed by atoms with Gasteiger partial charge in [0.15, 0.2) is 0 Å². The molecule has 2 rings (SSSR count). The van der Waals surface area contributed by atoms with Crippen LogP contribution in [0.15, 0.2) is 0 Å². The van der Waals surface area contributed by atoms with Gasteiger partial charge in [-0.2, -0.15) is 15.0 Å². The number of alkyl carbamates (subject to hydrolysis) is 2. The number of hydrogen-bond donors (Lipinski definition) is 7. The molecule has 1 aromatic rings. The molecule has 54 heavy (non-hydrogen) atoms. The third-order valence-electron chi connectivity index (χ3n) is 7.28. The summed E-state index contributed by atoms with van der Waals surface area (Å²) in [5.74, 6) is -0.682. The molecule has 304 valence electrons. The van der Waals surface area contributed by atoms with Gasteiger partial charge < -0.3 is 56.3 Å². The van der Waals surface area contributed by atoms with Crippen LogP contribution in [0.1, 0.15) is 86.5 Å². The molecule has 1 aliphatic heterocycles. The summed E-state index contributed by atoms with van der Waals surface area (Å²) < 4.78 is 10.4. The van der Waals surface area contributed by atoms with Gasteiger partial charge in [-0.25, -0.2) is 9.59 Å². The number of carbonyl (C=O) groups is 6. The zero-order valence-electron chi connectivity index (χ0n) is 32.5. The van der Waals surface area contributed by atoms with Crippen molar-refractivity contribution < 1.29 is 43.3 Å². The monoisotopic (exact) mass is 765 g/mol. The predicted molar refractivity (Wildman–Crippen MR) is 200 cm³/mol. The standard InChI is InChI=1S/C34H59N11O9/c1-33(2,3)53-31(51)39-16-8-14-35-24(46)12-18-37-28-41-29(38-19-13-25(47)36-15-9-17-40-32(52)54-34(4,5)6)43-30(42-28)45-22-20-44(21-23-45)26(48)10-7-11-27(49)50/h7-23H2,1-6H3,(H,35,46)(H,36,47)(H,39,51)(H,40,52)(H,49,50)(H2,37,38,41,42,43). The summed E-state index contributed by atoms with van der Waals surface area (Å²) in [6, 6.07) is 0. The molecule has 0 spiro atoms. The van der Waals surface area contributed by atoms with Crippen molar-refractivity contribution in [2.24, 2.45) is 0 Å². The first kappa shape index (κ1) is 45.0. The van der Waals surface area contributed by atoms with E-state index >= 15 is 0 Å². The molecule has 0 aliphatic carbocycles. The van der Waals surface area contributed by atoms with Crippen LogP contribution in [0.25, 0.3) is 0 Å². The number of amides is 5. The Kier molecular flexibility index (Phi) is 19.0. The van der Waals surface area contributed by atoms with Crippen molar-refractivity contribution in [3.05, 3.63) is 0 Å². The lowest BCUT2D eigenvalue weighted by molar-refractivity contribution is -0.137. The first-order valence-corrected chi connectivity index (χ1v) is 18.4. The zero-order valence-corrected chi connectivity index (χ0v) is 32.5. The SMILES string of the molecule is CC(C)(C)OC(=O)NCCCNC(=O)CCNc1nc(NCCC(=O)NCCCNC(=O)OC(C)(C)C)nc(N2CCN(C(=O)CCCC(=O)O)CC2)n1. The van der Waals surface area contributed by atoms with Crippen LogP contribution >= 0.6 is 0 Å². The number of carboxylic acid groups (broad SMARTS) is 1. The van der Waals surface area contributed by atoms with E-state index in [0.717, 1.165) is 0 Å². The van der Waals surface area contributed by atoms with Crippen LogP contribution < -0.4 is 36.8 Å². The molecule has 0 radical (unpaired) electrons. The maximum atomic E-state index is 12.6. The maximum absolute atomic E-state index is 12.6. The summed E-state index contributed by atoms with van der Waals surface area (Å²) in [5.41, 5.74) is -1.19. The summed E-state index contributed by atoms with van der Waals surface area (Å²) in [6.45, 7) is 14.2. The highest BCUT2D eigenvalue weighted by atomic mass is 16.6. The van der Waals surface area contributed by atoms with Crippen LogP contribution in [0.3, 0.4) is 0 Å². The normalized spacial score (nSPS) is 13.0. The van der Waals surface area contributed by atoms with Gasteiger partial charge in [0.05, 0.1) is 0 Å². The fraction of sp³-hybridized carbons (Fsp3) is 0.735. The Hall–Kier alpha value is -5.17. The molecule has 20 heteroatoms. The number of carboxylic acids is 1. The Morgan fingerprint density at radius 1 is 0.593 bits per heavy atom. The number of hydrogen-bond acceptors (Lipinski definition) is 14. The third-order valence-corrected chi connectivity index (χ3v) is 7.28. The molecule has 2 heterocycles. The van der Waals surface area contributed by atoms with Gasteiger partial charge in [0.1, 0.15) is 11.2 Å². The Balaban J connectivity index is 1.89. The average molecular weight is 766 g/mol. The van der Waals surface area contributed by atoms with Crippen LogP contribution in [0, 0.1) is 0 Å². The second-order valence-corrected chi connectivity index (χ2v) is 14.5. The zero-order chi connectivity index (χ0) is 40.1. The van der Waals surface area contributed by atoms with Crippen LogP contribution in [0.2, 0.25) is 0 Å². The Morgan fingerprint density at radius 3 is 1.46 bits per heavy atom. The molecule has 5 amide bonds. The summed E-state index contributed by atoms with van der Waals surface area (Å²) in [6.07, 6.45) is 0.633. The number of ether oxygens (including phenoxy) is 2. The summed E-state index contributed by atoms with van der Waals surface area (Å²) >= 11 is 0. The Bertz CT molecular complexity index is 1320. The molecule has 0 atom stereocenters. The van der Waals surface area contributed by atoms with E-state index in [1.807, 2.05) is 4.90 Å². The van der Waals surface area contributed by atoms with Gasteiger partial charge in [-0.1, -0.05) is 0 Å². The van der Waals surface area contributed by atoms with Gasteiger partial charge in [0.2, 0.25) is 35.6 Å². The van der Waals surface area contributed by atoms with Crippen LogP contribution in [-0.2, 0) is 28.7 Å². The molecular weight excluding hydrogens is 706 g/mol. The molecule has 0 bridgehead atoms. The van der Waals surface area contributed by atoms with E-state index in [9.17, 15) is 28.8 Å². The minimum atomic E-state index is -0.938. The minimum absolute atomic E-state index is 0.0634. The number of piperazine rings is 1. The molecular formula is C34H59N11O9. The number of aromatic nitrogens is 3. The lowest BCUT2D eigenvalue weighted by Gasteiger charge is -2.35. The molecule has 0 unspecified atom stereocenters. The fourth-order valence-corrected chi connectivity index (χ4v) is 4.76. The van der Waals surface area contributed by atoms with E-state index in [0.29, 0.717) is 71.1 Å². The van der Waals surface area contributed by atoms with E-state index in [1.165, 1.54) is 0 Å². The quantitative estimate of drug-likeness (QED) is 0.0874. The highest BCUT2D eigenvalue weighted by Crippen LogP contribution is 2.17. The first-order valence-electron chi connectivity index (χ1n) is 18.4. The molecule has 7 N–H and O–H groups in total. The second kappa shape index (κ2) is 22.8. The lowest BCUT2D eigenvalue weighted by Crippen LogP contribution is -2.49. The van der Waals surface area contributed by atoms with Crippen molar-refractivity contribution >= 4 is 53.7 Å². The molecule has 1 fully saturated rings. The largest absolute Gasteiger partial charge is 0.481 e. The van der Waals surface area contributed by atoms with E-state index in [1.54, 1.807) is 46.4 Å². The molecule has 1 aromatic heterocycles. The number of carbonyl (C=O) groups excluding carboxylic acids is 5. The smallest absolute Gasteiger partial charge is 0.407 e. The van der Waals surface area contributed by atoms with E-state index in [2.05, 4.69) is 46.9 Å². The Labute approximate surface area is 316 Å². The molecule has 0 aromatic carbocycles. The van der Waals surface area contributed by atoms with Gasteiger partial charge >= 0.3 is 18.2 Å². The average Bonchev–Trinajstić information content (AvgIpc) is 3.06. The second-order valence-electron chi connectivity index (χ2n) is 14.5. The lowest BCUT2D eigenvalue weighted by atomic mass is 10.2. The van der Waals surface area contributed by atoms with Crippen LogP contribution in [0.4, 0.5) is 27.4 Å². The molecule has 1 aliphatic rings. The van der Waals surface area contributed by atoms with Crippen molar-refractivity contribution in [3.63, 3.8) is 0 Å². The van der Waals surface area contributed by atoms with Crippen molar-refractivity contribution in [1.82, 2.24) is 41.1 Å². The summed E-state index contributed by atoms with van der Waals surface area (Å²) in [7, 11) is 0. The van der Waals surface area contributed by atoms with Gasteiger partial charge in [-0.05, 0) is 60.8 Å². The van der Waals surface area contributed by atoms with Gasteiger partial charge in [0.25, 0.3) is 0 Å². The number of nitrogens with zero attached hydrogens (tertiary/aromatic N) is 5. The van der Waals surface area contributed by atoms with Gasteiger partial charge in [0, 0.05) is 91.1 Å². The number of aliphatic carboxylic acids is 1. The molecule has 0 saturated carbocycles. The van der Waals surface area contributed by atoms with Crippen molar-refractivity contribution in [1.29, 1.82) is 0 Å². The molecule has 1 saturated heterocycles. The third kappa shape index (κ3) is 20.8. The van der Waals surface area contributed by atoms with Crippen molar-refractivity contribution in [3.8, 4) is 0 Å². The molecule has 20 nitrogen and oxygen atoms in total. The highest BCUT2D eigenvalue weighted by Gasteiger charge is 2.24. The summed E-state index contributed by atoms with van der Waals surface area (Å²) in [4.78, 5) is 88.8. The van der Waals surface area contributed by atoms with E-state index < -0.39 is 29.4 Å². The highest BCUT2D eigenvalue weighted by molar-refractivity contribution is 5.78. The summed E-state index contributed by atoms with van der Waals surface area (Å²) in [5, 5.41) is 25.9. The van der Waals surface area contributed by atoms with Gasteiger partial charge in [-0.3, -0.25) is 19.2 Å². The van der Waals surface area contributed by atoms with Crippen molar-refractivity contribution in [2.75, 3.05) is 81.0 Å². The number of rotatable bonds is 21. The first-order chi connectivity index (χ1) is 25.4. The van der Waals surface area contributed by atoms with E-state index in [-0.39, 0.29) is 74.8 Å². The van der Waals surface area contributed by atoms with Crippen LogP contribution in [-0.4, -0.2) is 137 Å².